The molecule has 8 heteroatoms. The second-order valence-electron chi connectivity index (χ2n) is 4.32. The first-order valence-corrected chi connectivity index (χ1v) is 7.04. The van der Waals surface area contributed by atoms with Gasteiger partial charge in [0, 0.05) is 5.56 Å². The van der Waals surface area contributed by atoms with E-state index in [0.29, 0.717) is 0 Å². The molecule has 23 heavy (non-hydrogen) atoms. The zero-order valence-electron chi connectivity index (χ0n) is 11.5. The molecule has 0 heterocycles. The highest BCUT2D eigenvalue weighted by molar-refractivity contribution is 6.39. The molecular weight excluding hydrogens is 359 g/mol. The molecule has 0 amide bonds. The summed E-state index contributed by atoms with van der Waals surface area (Å²) in [4.78, 5) is 11.5. The average Bonchev–Trinajstić information content (AvgIpc) is 2.49. The minimum Gasteiger partial charge on any atom is -0.462 e. The molecule has 0 fully saturated rings. The van der Waals surface area contributed by atoms with Crippen molar-refractivity contribution in [3.8, 4) is 11.1 Å². The summed E-state index contributed by atoms with van der Waals surface area (Å²) in [7, 11) is 0. The Balaban J connectivity index is 2.82. The van der Waals surface area contributed by atoms with Crippen LogP contribution in [0.25, 0.3) is 11.1 Å². The molecular formula is C15H8Cl2F4O2. The van der Waals surface area contributed by atoms with Crippen LogP contribution in [-0.2, 0) is 4.74 Å². The van der Waals surface area contributed by atoms with Crippen LogP contribution in [0, 0.1) is 23.3 Å². The molecule has 0 unspecified atom stereocenters. The van der Waals surface area contributed by atoms with E-state index >= 15 is 0 Å². The molecule has 2 aromatic rings. The maximum atomic E-state index is 14.2. The number of hydrogen-bond donors (Lipinski definition) is 0. The number of hydrogen-bond acceptors (Lipinski definition) is 2. The molecule has 0 N–H and O–H groups in total. The summed E-state index contributed by atoms with van der Waals surface area (Å²) < 4.78 is 61.0. The molecule has 0 aliphatic heterocycles. The second-order valence-corrected chi connectivity index (χ2v) is 5.14. The van der Waals surface area contributed by atoms with Crippen molar-refractivity contribution in [2.45, 2.75) is 6.92 Å². The van der Waals surface area contributed by atoms with Gasteiger partial charge >= 0.3 is 5.97 Å². The first-order valence-electron chi connectivity index (χ1n) is 6.28. The maximum Gasteiger partial charge on any atom is 0.344 e. The summed E-state index contributed by atoms with van der Waals surface area (Å²) in [6.07, 6.45) is 0. The summed E-state index contributed by atoms with van der Waals surface area (Å²) >= 11 is 11.6. The Hall–Kier alpha value is -1.79. The quantitative estimate of drug-likeness (QED) is 0.413. The third kappa shape index (κ3) is 3.01. The van der Waals surface area contributed by atoms with Crippen molar-refractivity contribution in [1.29, 1.82) is 0 Å². The van der Waals surface area contributed by atoms with Gasteiger partial charge < -0.3 is 4.74 Å². The molecule has 0 bridgehead atoms. The van der Waals surface area contributed by atoms with Gasteiger partial charge in [-0.05, 0) is 19.1 Å². The van der Waals surface area contributed by atoms with Crippen molar-refractivity contribution in [2.75, 3.05) is 6.61 Å². The van der Waals surface area contributed by atoms with Crippen molar-refractivity contribution in [1.82, 2.24) is 0 Å². The molecule has 2 aromatic carbocycles. The molecule has 2 nitrogen and oxygen atoms in total. The van der Waals surface area contributed by atoms with Gasteiger partial charge in [-0.15, -0.1) is 0 Å². The first kappa shape index (κ1) is 17.6. The normalized spacial score (nSPS) is 10.7. The van der Waals surface area contributed by atoms with E-state index in [1.807, 2.05) is 0 Å². The summed E-state index contributed by atoms with van der Waals surface area (Å²) in [6.45, 7) is 1.15. The average molecular weight is 367 g/mol. The fourth-order valence-electron chi connectivity index (χ4n) is 1.97. The number of ether oxygens (including phenoxy) is 1. The van der Waals surface area contributed by atoms with Gasteiger partial charge in [-0.25, -0.2) is 22.4 Å². The van der Waals surface area contributed by atoms with Gasteiger partial charge in [0.1, 0.15) is 5.56 Å². The minimum atomic E-state index is -1.88. The van der Waals surface area contributed by atoms with Crippen LogP contribution in [0.1, 0.15) is 17.3 Å². The highest BCUT2D eigenvalue weighted by atomic mass is 35.5. The van der Waals surface area contributed by atoms with E-state index in [2.05, 4.69) is 4.74 Å². The van der Waals surface area contributed by atoms with E-state index in [-0.39, 0.29) is 16.7 Å². The van der Waals surface area contributed by atoms with Crippen molar-refractivity contribution < 1.29 is 27.1 Å². The lowest BCUT2D eigenvalue weighted by Gasteiger charge is -2.13. The summed E-state index contributed by atoms with van der Waals surface area (Å²) in [6, 6.07) is 3.89. The maximum absolute atomic E-state index is 14.2. The lowest BCUT2D eigenvalue weighted by molar-refractivity contribution is 0.0512. The zero-order chi connectivity index (χ0) is 17.3. The molecule has 2 rings (SSSR count). The highest BCUT2D eigenvalue weighted by Gasteiger charge is 2.32. The van der Waals surface area contributed by atoms with Crippen molar-refractivity contribution in [3.63, 3.8) is 0 Å². The van der Waals surface area contributed by atoms with Crippen molar-refractivity contribution >= 4 is 29.2 Å². The summed E-state index contributed by atoms with van der Waals surface area (Å²) in [5.41, 5.74) is -2.96. The van der Waals surface area contributed by atoms with Gasteiger partial charge in [-0.2, -0.15) is 0 Å². The van der Waals surface area contributed by atoms with Crippen LogP contribution in [0.15, 0.2) is 18.2 Å². The zero-order valence-corrected chi connectivity index (χ0v) is 13.0. The summed E-state index contributed by atoms with van der Waals surface area (Å²) in [5, 5.41) is -0.420. The Labute approximate surface area is 138 Å². The largest absolute Gasteiger partial charge is 0.462 e. The van der Waals surface area contributed by atoms with E-state index in [1.54, 1.807) is 0 Å². The van der Waals surface area contributed by atoms with Gasteiger partial charge in [-0.1, -0.05) is 29.3 Å². The van der Waals surface area contributed by atoms with Crippen molar-refractivity contribution in [2.24, 2.45) is 0 Å². The molecule has 0 aliphatic rings. The molecule has 0 radical (unpaired) electrons. The molecule has 122 valence electrons. The molecule has 0 saturated carbocycles. The molecule has 0 aromatic heterocycles. The molecule has 0 aliphatic carbocycles. The number of carbonyl (C=O) groups is 1. The van der Waals surface area contributed by atoms with E-state index < -0.39 is 45.9 Å². The van der Waals surface area contributed by atoms with Gasteiger partial charge in [0.25, 0.3) is 0 Å². The van der Waals surface area contributed by atoms with Gasteiger partial charge in [-0.3, -0.25) is 0 Å². The van der Waals surface area contributed by atoms with Crippen LogP contribution in [-0.4, -0.2) is 12.6 Å². The Morgan fingerprint density at radius 2 is 1.43 bits per heavy atom. The predicted octanol–water partition coefficient (Wildman–Crippen LogP) is 5.39. The fourth-order valence-corrected chi connectivity index (χ4v) is 2.56. The monoisotopic (exact) mass is 366 g/mol. The topological polar surface area (TPSA) is 26.3 Å². The van der Waals surface area contributed by atoms with Crippen LogP contribution in [0.5, 0.6) is 0 Å². The Kier molecular flexibility index (Phi) is 5.16. The Morgan fingerprint density at radius 3 is 1.87 bits per heavy atom. The number of carbonyl (C=O) groups excluding carboxylic acids is 1. The lowest BCUT2D eigenvalue weighted by atomic mass is 10.0. The van der Waals surface area contributed by atoms with Gasteiger partial charge in [0.15, 0.2) is 23.3 Å². The van der Waals surface area contributed by atoms with Crippen LogP contribution < -0.4 is 0 Å². The van der Waals surface area contributed by atoms with Crippen LogP contribution in [0.2, 0.25) is 10.0 Å². The highest BCUT2D eigenvalue weighted by Crippen LogP contribution is 2.40. The minimum absolute atomic E-state index is 0.210. The van der Waals surface area contributed by atoms with E-state index in [1.165, 1.54) is 25.1 Å². The van der Waals surface area contributed by atoms with Gasteiger partial charge in [0.2, 0.25) is 0 Å². The van der Waals surface area contributed by atoms with E-state index in [4.69, 9.17) is 23.2 Å². The second kappa shape index (κ2) is 6.76. The van der Waals surface area contributed by atoms with E-state index in [0.717, 1.165) is 0 Å². The smallest absolute Gasteiger partial charge is 0.344 e. The molecule has 0 saturated heterocycles. The number of halogens is 6. The molecule has 0 atom stereocenters. The Morgan fingerprint density at radius 1 is 0.957 bits per heavy atom. The van der Waals surface area contributed by atoms with Gasteiger partial charge in [0.05, 0.1) is 22.2 Å². The summed E-state index contributed by atoms with van der Waals surface area (Å²) in [5.74, 6) is -8.86. The van der Waals surface area contributed by atoms with Crippen LogP contribution in [0.3, 0.4) is 0 Å². The molecule has 0 spiro atoms. The first-order chi connectivity index (χ1) is 10.8. The lowest BCUT2D eigenvalue weighted by Crippen LogP contribution is -2.14. The third-order valence-corrected chi connectivity index (χ3v) is 3.59. The van der Waals surface area contributed by atoms with Crippen LogP contribution >= 0.6 is 23.2 Å². The third-order valence-electron chi connectivity index (χ3n) is 2.96. The van der Waals surface area contributed by atoms with Crippen LogP contribution in [0.4, 0.5) is 17.6 Å². The Bertz CT molecular complexity index is 744. The number of benzene rings is 2. The standard InChI is InChI=1S/C15H8Cl2F4O2/c1-2-23-15(22)10-13(20)11(18)9(12(19)14(10)21)8-6(16)4-3-5-7(8)17/h3-5H,2H2,1H3. The van der Waals surface area contributed by atoms with E-state index in [9.17, 15) is 22.4 Å². The fraction of sp³-hybridized carbons (Fsp3) is 0.133. The number of esters is 1. The predicted molar refractivity (Wildman–Crippen MR) is 77.7 cm³/mol. The van der Waals surface area contributed by atoms with Crippen molar-refractivity contribution in [3.05, 3.63) is 57.1 Å². The SMILES string of the molecule is CCOC(=O)c1c(F)c(F)c(-c2c(Cl)cccc2Cl)c(F)c1F. The number of rotatable bonds is 3.